The Kier molecular flexibility index (Phi) is 7.43. The van der Waals surface area contributed by atoms with Crippen molar-refractivity contribution in [3.63, 3.8) is 0 Å². The summed E-state index contributed by atoms with van der Waals surface area (Å²) in [6.45, 7) is 2.41. The Morgan fingerprint density at radius 1 is 1.00 bits per heavy atom. The number of nitrogens with zero attached hydrogens (tertiary/aromatic N) is 2. The van der Waals surface area contributed by atoms with E-state index in [1.54, 1.807) is 29.2 Å². The zero-order valence-electron chi connectivity index (χ0n) is 18.7. The molecule has 2 aliphatic heterocycles. The van der Waals surface area contributed by atoms with Gasteiger partial charge in [-0.2, -0.15) is 0 Å². The van der Waals surface area contributed by atoms with Crippen LogP contribution in [0.1, 0.15) is 38.2 Å². The average Bonchev–Trinajstić information content (AvgIpc) is 3.25. The standard InChI is InChI=1S/C25H24FN3O3S2/c1-2-3-4-7-14-28-24(32)22(34-25(28)33)21-18-8-5-6-9-19(18)29(23(21)31)15-20(30)27-17-12-10-16(26)11-13-17/h5-6,8-13H,2-4,7,14-15H2,1H3,(H,27,30). The Balaban J connectivity index is 1.57. The maximum absolute atomic E-state index is 13.5. The van der Waals surface area contributed by atoms with Crippen LogP contribution in [-0.4, -0.2) is 40.0 Å². The van der Waals surface area contributed by atoms with Crippen molar-refractivity contribution in [2.75, 3.05) is 23.3 Å². The molecule has 3 amide bonds. The summed E-state index contributed by atoms with van der Waals surface area (Å²) in [5.74, 6) is -1.52. The molecule has 0 saturated carbocycles. The fourth-order valence-corrected chi connectivity index (χ4v) is 5.35. The van der Waals surface area contributed by atoms with Gasteiger partial charge in [-0.1, -0.05) is 68.4 Å². The van der Waals surface area contributed by atoms with Gasteiger partial charge in [0, 0.05) is 17.8 Å². The minimum absolute atomic E-state index is 0.242. The highest BCUT2D eigenvalue weighted by Gasteiger charge is 2.42. The quantitative estimate of drug-likeness (QED) is 0.317. The molecule has 0 unspecified atom stereocenters. The lowest BCUT2D eigenvalue weighted by Gasteiger charge is -2.17. The van der Waals surface area contributed by atoms with Gasteiger partial charge in [0.25, 0.3) is 11.8 Å². The summed E-state index contributed by atoms with van der Waals surface area (Å²) in [7, 11) is 0. The van der Waals surface area contributed by atoms with Gasteiger partial charge in [0.05, 0.1) is 16.2 Å². The van der Waals surface area contributed by atoms with E-state index in [1.165, 1.54) is 29.2 Å². The number of amides is 3. The molecule has 176 valence electrons. The van der Waals surface area contributed by atoms with Crippen molar-refractivity contribution in [3.05, 3.63) is 64.8 Å². The van der Waals surface area contributed by atoms with Gasteiger partial charge < -0.3 is 5.32 Å². The Bertz CT molecular complexity index is 1180. The molecular weight excluding hydrogens is 473 g/mol. The summed E-state index contributed by atoms with van der Waals surface area (Å²) >= 11 is 6.58. The molecule has 0 atom stereocenters. The number of thiocarbonyl (C=S) groups is 1. The van der Waals surface area contributed by atoms with Crippen molar-refractivity contribution in [1.29, 1.82) is 0 Å². The second kappa shape index (κ2) is 10.5. The first-order valence-corrected chi connectivity index (χ1v) is 12.4. The SMILES string of the molecule is CCCCCCN1C(=O)C(=C2C(=O)N(CC(=O)Nc3ccc(F)cc3)c3ccccc32)SC1=S. The predicted octanol–water partition coefficient (Wildman–Crippen LogP) is 4.96. The van der Waals surface area contributed by atoms with E-state index < -0.39 is 17.6 Å². The highest BCUT2D eigenvalue weighted by molar-refractivity contribution is 8.26. The highest BCUT2D eigenvalue weighted by Crippen LogP contribution is 2.44. The lowest BCUT2D eigenvalue weighted by molar-refractivity contribution is -0.122. The number of thioether (sulfide) groups is 1. The molecular formula is C25H24FN3O3S2. The molecule has 0 aromatic heterocycles. The Morgan fingerprint density at radius 2 is 1.74 bits per heavy atom. The molecule has 34 heavy (non-hydrogen) atoms. The van der Waals surface area contributed by atoms with Crippen molar-refractivity contribution in [3.8, 4) is 0 Å². The van der Waals surface area contributed by atoms with E-state index in [2.05, 4.69) is 12.2 Å². The zero-order valence-corrected chi connectivity index (χ0v) is 20.3. The van der Waals surface area contributed by atoms with Gasteiger partial charge in [-0.3, -0.25) is 24.2 Å². The van der Waals surface area contributed by atoms with Gasteiger partial charge in [-0.05, 0) is 36.8 Å². The number of carbonyl (C=O) groups is 3. The molecule has 2 aliphatic rings. The topological polar surface area (TPSA) is 69.7 Å². The van der Waals surface area contributed by atoms with Crippen molar-refractivity contribution < 1.29 is 18.8 Å². The van der Waals surface area contributed by atoms with Crippen LogP contribution in [0, 0.1) is 5.82 Å². The molecule has 9 heteroatoms. The van der Waals surface area contributed by atoms with E-state index in [-0.39, 0.29) is 18.0 Å². The number of unbranched alkanes of at least 4 members (excludes halogenated alkanes) is 3. The van der Waals surface area contributed by atoms with Gasteiger partial charge in [0.2, 0.25) is 5.91 Å². The Morgan fingerprint density at radius 3 is 2.47 bits per heavy atom. The average molecular weight is 498 g/mol. The number of rotatable bonds is 8. The number of benzene rings is 2. The van der Waals surface area contributed by atoms with E-state index in [4.69, 9.17) is 12.2 Å². The minimum Gasteiger partial charge on any atom is -0.325 e. The van der Waals surface area contributed by atoms with Crippen LogP contribution in [0.3, 0.4) is 0 Å². The lowest BCUT2D eigenvalue weighted by atomic mass is 10.1. The monoisotopic (exact) mass is 497 g/mol. The molecule has 4 rings (SSSR count). The summed E-state index contributed by atoms with van der Waals surface area (Å²) < 4.78 is 13.6. The largest absolute Gasteiger partial charge is 0.325 e. The smallest absolute Gasteiger partial charge is 0.267 e. The van der Waals surface area contributed by atoms with Crippen LogP contribution in [0.25, 0.3) is 5.57 Å². The summed E-state index contributed by atoms with van der Waals surface area (Å²) in [6.07, 6.45) is 4.05. The molecule has 0 aliphatic carbocycles. The van der Waals surface area contributed by atoms with Crippen molar-refractivity contribution in [2.45, 2.75) is 32.6 Å². The van der Waals surface area contributed by atoms with Crippen LogP contribution in [0.15, 0.2) is 53.4 Å². The summed E-state index contributed by atoms with van der Waals surface area (Å²) in [4.78, 5) is 42.5. The third-order valence-corrected chi connectivity index (χ3v) is 7.11. The fourth-order valence-electron chi connectivity index (χ4n) is 3.97. The number of fused-ring (bicyclic) bond motifs is 1. The normalized spacial score (nSPS) is 17.5. The number of carbonyl (C=O) groups excluding carboxylic acids is 3. The van der Waals surface area contributed by atoms with Crippen LogP contribution in [0.4, 0.5) is 15.8 Å². The van der Waals surface area contributed by atoms with Crippen molar-refractivity contribution >= 4 is 63.0 Å². The molecule has 1 fully saturated rings. The van der Waals surface area contributed by atoms with Crippen LogP contribution in [0.2, 0.25) is 0 Å². The molecule has 6 nitrogen and oxygen atoms in total. The van der Waals surface area contributed by atoms with E-state index in [0.717, 1.165) is 37.4 Å². The first-order valence-electron chi connectivity index (χ1n) is 11.1. The van der Waals surface area contributed by atoms with Crippen molar-refractivity contribution in [2.24, 2.45) is 0 Å². The molecule has 0 spiro atoms. The van der Waals surface area contributed by atoms with Crippen LogP contribution in [-0.2, 0) is 14.4 Å². The molecule has 0 radical (unpaired) electrons. The Hall–Kier alpha value is -3.04. The van der Waals surface area contributed by atoms with Crippen LogP contribution < -0.4 is 10.2 Å². The van der Waals surface area contributed by atoms with Crippen molar-refractivity contribution in [1.82, 2.24) is 4.90 Å². The first kappa shape index (κ1) is 24.1. The van der Waals surface area contributed by atoms with Gasteiger partial charge in [0.15, 0.2) is 0 Å². The number of halogens is 1. The molecule has 2 aromatic carbocycles. The third kappa shape index (κ3) is 4.90. The van der Waals surface area contributed by atoms with Gasteiger partial charge in [0.1, 0.15) is 16.7 Å². The maximum atomic E-state index is 13.5. The highest BCUT2D eigenvalue weighted by atomic mass is 32.2. The summed E-state index contributed by atoms with van der Waals surface area (Å²) in [5.41, 5.74) is 1.87. The number of nitrogens with one attached hydrogen (secondary N) is 1. The number of hydrogen-bond donors (Lipinski definition) is 1. The fraction of sp³-hybridized carbons (Fsp3) is 0.280. The van der Waals surface area contributed by atoms with Gasteiger partial charge in [-0.25, -0.2) is 4.39 Å². The number of anilines is 2. The number of hydrogen-bond acceptors (Lipinski definition) is 5. The van der Waals surface area contributed by atoms with Crippen LogP contribution in [0.5, 0.6) is 0 Å². The summed E-state index contributed by atoms with van der Waals surface area (Å²) in [6, 6.07) is 12.5. The minimum atomic E-state index is -0.431. The Labute approximate surface area is 207 Å². The maximum Gasteiger partial charge on any atom is 0.267 e. The molecule has 2 heterocycles. The summed E-state index contributed by atoms with van der Waals surface area (Å²) in [5, 5.41) is 2.67. The predicted molar refractivity (Wildman–Crippen MR) is 137 cm³/mol. The third-order valence-electron chi connectivity index (χ3n) is 5.66. The van der Waals surface area contributed by atoms with Gasteiger partial charge in [-0.15, -0.1) is 0 Å². The van der Waals surface area contributed by atoms with E-state index in [9.17, 15) is 18.8 Å². The van der Waals surface area contributed by atoms with Crippen LogP contribution >= 0.6 is 24.0 Å². The zero-order chi connectivity index (χ0) is 24.2. The molecule has 1 saturated heterocycles. The number of para-hydroxylation sites is 1. The van der Waals surface area contributed by atoms with Gasteiger partial charge >= 0.3 is 0 Å². The second-order valence-electron chi connectivity index (χ2n) is 8.05. The molecule has 2 aromatic rings. The van der Waals surface area contributed by atoms with E-state index in [0.29, 0.717) is 32.7 Å². The molecule has 0 bridgehead atoms. The van der Waals surface area contributed by atoms with E-state index in [1.807, 2.05) is 0 Å². The lowest BCUT2D eigenvalue weighted by Crippen LogP contribution is -2.35. The second-order valence-corrected chi connectivity index (χ2v) is 9.70. The molecule has 1 N–H and O–H groups in total. The first-order chi connectivity index (χ1) is 16.4. The van der Waals surface area contributed by atoms with E-state index >= 15 is 0 Å².